The number of benzene rings is 1. The summed E-state index contributed by atoms with van der Waals surface area (Å²) in [5.41, 5.74) is 4.33. The molecule has 0 aliphatic heterocycles. The first-order valence-corrected chi connectivity index (χ1v) is 11.3. The average Bonchev–Trinajstić information content (AvgIpc) is 2.83. The predicted molar refractivity (Wildman–Crippen MR) is 132 cm³/mol. The third-order valence-corrected chi connectivity index (χ3v) is 5.79. The number of nitrogens with zero attached hydrogens (tertiary/aromatic N) is 4. The molecule has 3 heterocycles. The topological polar surface area (TPSA) is 71.0 Å². The van der Waals surface area contributed by atoms with Gasteiger partial charge in [0.15, 0.2) is 0 Å². The maximum Gasteiger partial charge on any atom is 0.272 e. The second kappa shape index (κ2) is 9.74. The summed E-state index contributed by atoms with van der Waals surface area (Å²) >= 11 is 0. The van der Waals surface area contributed by atoms with Gasteiger partial charge in [0, 0.05) is 42.9 Å². The fraction of sp³-hybridized carbons (Fsp3) is 0.259. The van der Waals surface area contributed by atoms with Crippen molar-refractivity contribution in [3.63, 3.8) is 0 Å². The Morgan fingerprint density at radius 1 is 0.971 bits per heavy atom. The van der Waals surface area contributed by atoms with Crippen LogP contribution in [0.15, 0.2) is 60.9 Å². The number of hydrogen-bond donors (Lipinski definition) is 1. The highest BCUT2D eigenvalue weighted by Gasteiger charge is 2.25. The normalized spacial score (nSPS) is 11.5. The van der Waals surface area contributed by atoms with Crippen molar-refractivity contribution < 1.29 is 13.6 Å². The molecular weight excluding hydrogens is 448 g/mol. The summed E-state index contributed by atoms with van der Waals surface area (Å²) in [6.07, 6.45) is 2.91. The Hall–Kier alpha value is -3.94. The molecule has 0 spiro atoms. The van der Waals surface area contributed by atoms with E-state index < -0.39 is 5.92 Å². The Kier molecular flexibility index (Phi) is 6.73. The van der Waals surface area contributed by atoms with Gasteiger partial charge in [-0.05, 0) is 67.4 Å². The third-order valence-electron chi connectivity index (χ3n) is 5.79. The van der Waals surface area contributed by atoms with Gasteiger partial charge in [-0.25, -0.2) is 13.8 Å². The van der Waals surface area contributed by atoms with Crippen molar-refractivity contribution in [3.8, 4) is 0 Å². The fourth-order valence-corrected chi connectivity index (χ4v) is 3.81. The summed E-state index contributed by atoms with van der Waals surface area (Å²) < 4.78 is 27.2. The number of rotatable bonds is 7. The second-order valence-corrected chi connectivity index (χ2v) is 8.73. The summed E-state index contributed by atoms with van der Waals surface area (Å²) in [6, 6.07) is 14.1. The van der Waals surface area contributed by atoms with Gasteiger partial charge >= 0.3 is 0 Å². The van der Waals surface area contributed by atoms with Crippen LogP contribution in [-0.2, 0) is 19.0 Å². The van der Waals surface area contributed by atoms with Crippen molar-refractivity contribution in [1.82, 2.24) is 19.9 Å². The van der Waals surface area contributed by atoms with E-state index in [1.54, 1.807) is 17.2 Å². The smallest absolute Gasteiger partial charge is 0.272 e. The lowest BCUT2D eigenvalue weighted by Crippen LogP contribution is -2.31. The molecule has 1 aromatic carbocycles. The number of nitrogens with one attached hydrogen (secondary N) is 1. The summed E-state index contributed by atoms with van der Waals surface area (Å²) in [6.45, 7) is 5.13. The van der Waals surface area contributed by atoms with Crippen molar-refractivity contribution in [2.24, 2.45) is 0 Å². The van der Waals surface area contributed by atoms with Crippen molar-refractivity contribution in [3.05, 3.63) is 94.6 Å². The monoisotopic (exact) mass is 475 g/mol. The van der Waals surface area contributed by atoms with Crippen LogP contribution in [0.5, 0.6) is 0 Å². The number of pyridine rings is 3. The summed E-state index contributed by atoms with van der Waals surface area (Å²) in [5, 5.41) is 3.92. The van der Waals surface area contributed by atoms with E-state index in [0.717, 1.165) is 46.7 Å². The Morgan fingerprint density at radius 3 is 2.23 bits per heavy atom. The summed E-state index contributed by atoms with van der Waals surface area (Å²) in [4.78, 5) is 28.4. The van der Waals surface area contributed by atoms with Crippen molar-refractivity contribution >= 4 is 22.6 Å². The molecule has 180 valence electrons. The van der Waals surface area contributed by atoms with E-state index in [0.29, 0.717) is 11.3 Å². The number of carbonyl (C=O) groups excluding carboxylic acids is 1. The minimum absolute atomic E-state index is 0.151. The van der Waals surface area contributed by atoms with Crippen LogP contribution in [0.4, 0.5) is 14.6 Å². The second-order valence-electron chi connectivity index (χ2n) is 8.73. The van der Waals surface area contributed by atoms with E-state index >= 15 is 0 Å². The number of carbonyl (C=O) groups is 1. The SMILES string of the molecule is CNc1nc2ccc(C(=O)N(Cc3ccc(C)cn3)Cc3ccc(C(C)(F)F)cn3)cc2cc1C. The van der Waals surface area contributed by atoms with Gasteiger partial charge in [0.1, 0.15) is 5.82 Å². The number of alkyl halides is 2. The molecule has 4 aromatic rings. The van der Waals surface area contributed by atoms with Crippen molar-refractivity contribution in [2.45, 2.75) is 39.8 Å². The van der Waals surface area contributed by atoms with E-state index in [1.807, 2.05) is 51.2 Å². The van der Waals surface area contributed by atoms with Crippen LogP contribution >= 0.6 is 0 Å². The van der Waals surface area contributed by atoms with Crippen LogP contribution in [0, 0.1) is 13.8 Å². The maximum absolute atomic E-state index is 13.6. The molecular formula is C27H27F2N5O. The molecule has 0 aliphatic rings. The molecule has 1 N–H and O–H groups in total. The molecule has 1 amide bonds. The van der Waals surface area contributed by atoms with Crippen LogP contribution in [0.2, 0.25) is 0 Å². The molecule has 0 saturated heterocycles. The largest absolute Gasteiger partial charge is 0.373 e. The Labute approximate surface area is 203 Å². The molecule has 0 bridgehead atoms. The summed E-state index contributed by atoms with van der Waals surface area (Å²) in [7, 11) is 1.82. The maximum atomic E-state index is 13.6. The van der Waals surface area contributed by atoms with Gasteiger partial charge in [-0.1, -0.05) is 6.07 Å². The molecule has 0 radical (unpaired) electrons. The highest BCUT2D eigenvalue weighted by atomic mass is 19.3. The Morgan fingerprint density at radius 2 is 1.66 bits per heavy atom. The molecule has 3 aromatic heterocycles. The highest BCUT2D eigenvalue weighted by molar-refractivity contribution is 5.98. The number of aromatic nitrogens is 3. The quantitative estimate of drug-likeness (QED) is 0.375. The molecule has 6 nitrogen and oxygen atoms in total. The molecule has 0 atom stereocenters. The highest BCUT2D eigenvalue weighted by Crippen LogP contribution is 2.26. The molecule has 35 heavy (non-hydrogen) atoms. The van der Waals surface area contributed by atoms with Crippen molar-refractivity contribution in [1.29, 1.82) is 0 Å². The van der Waals surface area contributed by atoms with Crippen LogP contribution < -0.4 is 5.32 Å². The molecule has 4 rings (SSSR count). The number of amides is 1. The number of aryl methyl sites for hydroxylation is 2. The van der Waals surface area contributed by atoms with Crippen LogP contribution in [0.1, 0.15) is 45.4 Å². The van der Waals surface area contributed by atoms with Gasteiger partial charge in [-0.3, -0.25) is 14.8 Å². The third kappa shape index (κ3) is 5.59. The number of fused-ring (bicyclic) bond motifs is 1. The van der Waals surface area contributed by atoms with Crippen molar-refractivity contribution in [2.75, 3.05) is 12.4 Å². The minimum atomic E-state index is -2.97. The first-order valence-electron chi connectivity index (χ1n) is 11.3. The number of anilines is 1. The predicted octanol–water partition coefficient (Wildman–Crippen LogP) is 5.64. The van der Waals surface area contributed by atoms with Crippen LogP contribution in [0.25, 0.3) is 10.9 Å². The molecule has 0 saturated carbocycles. The summed E-state index contributed by atoms with van der Waals surface area (Å²) in [5.74, 6) is -2.40. The van der Waals surface area contributed by atoms with Gasteiger partial charge in [-0.2, -0.15) is 0 Å². The van der Waals surface area contributed by atoms with Crippen LogP contribution in [0.3, 0.4) is 0 Å². The van der Waals surface area contributed by atoms with E-state index in [2.05, 4.69) is 20.3 Å². The lowest BCUT2D eigenvalue weighted by Gasteiger charge is -2.23. The zero-order valence-corrected chi connectivity index (χ0v) is 20.1. The Balaban J connectivity index is 1.66. The molecule has 0 fully saturated rings. The van der Waals surface area contributed by atoms with Gasteiger partial charge in [0.25, 0.3) is 11.8 Å². The van der Waals surface area contributed by atoms with Gasteiger partial charge in [0.2, 0.25) is 0 Å². The van der Waals surface area contributed by atoms with E-state index in [4.69, 9.17) is 0 Å². The van der Waals surface area contributed by atoms with E-state index in [1.165, 1.54) is 12.1 Å². The number of halogens is 2. The first-order chi connectivity index (χ1) is 16.6. The van der Waals surface area contributed by atoms with E-state index in [9.17, 15) is 13.6 Å². The molecule has 0 unspecified atom stereocenters. The average molecular weight is 476 g/mol. The van der Waals surface area contributed by atoms with Gasteiger partial charge < -0.3 is 10.2 Å². The zero-order chi connectivity index (χ0) is 25.2. The number of hydrogen-bond acceptors (Lipinski definition) is 5. The lowest BCUT2D eigenvalue weighted by molar-refractivity contribution is 0.0170. The standard InChI is InChI=1S/C27H27F2N5O/c1-17-5-8-22(31-13-17)15-34(16-23-9-7-21(14-32-23)27(3,28)29)26(35)19-6-10-24-20(12-19)11-18(2)25(30-4)33-24/h5-14H,15-16H2,1-4H3,(H,30,33). The van der Waals surface area contributed by atoms with E-state index in [-0.39, 0.29) is 24.6 Å². The van der Waals surface area contributed by atoms with Crippen LogP contribution in [-0.4, -0.2) is 32.8 Å². The van der Waals surface area contributed by atoms with Gasteiger partial charge in [0.05, 0.1) is 30.0 Å². The first kappa shape index (κ1) is 24.2. The zero-order valence-electron chi connectivity index (χ0n) is 20.1. The molecule has 0 aliphatic carbocycles. The molecule has 8 heteroatoms. The lowest BCUT2D eigenvalue weighted by atomic mass is 10.1. The Bertz CT molecular complexity index is 1350. The van der Waals surface area contributed by atoms with Gasteiger partial charge in [-0.15, -0.1) is 0 Å². The minimum Gasteiger partial charge on any atom is -0.373 e. The fourth-order valence-electron chi connectivity index (χ4n) is 3.81.